The van der Waals surface area contributed by atoms with Gasteiger partial charge in [-0.05, 0) is 37.6 Å². The fourth-order valence-electron chi connectivity index (χ4n) is 2.38. The van der Waals surface area contributed by atoms with Crippen LogP contribution in [0, 0.1) is 11.6 Å². The Hall–Kier alpha value is -1.05. The molecule has 0 saturated carbocycles. The van der Waals surface area contributed by atoms with E-state index in [1.165, 1.54) is 4.31 Å². The Kier molecular flexibility index (Phi) is 4.72. The first kappa shape index (κ1) is 15.3. The number of benzene rings is 1. The minimum atomic E-state index is -3.80. The number of hydrogen-bond acceptors (Lipinski definition) is 3. The SMILES string of the molecule is CCCN(C1CCNC1)S(=O)(=O)c1ccc(F)c(F)c1. The van der Waals surface area contributed by atoms with Gasteiger partial charge in [-0.2, -0.15) is 4.31 Å². The van der Waals surface area contributed by atoms with Gasteiger partial charge in [-0.15, -0.1) is 0 Å². The van der Waals surface area contributed by atoms with E-state index in [0.29, 0.717) is 19.5 Å². The van der Waals surface area contributed by atoms with E-state index in [1.54, 1.807) is 0 Å². The molecule has 1 aliphatic heterocycles. The molecule has 2 rings (SSSR count). The highest BCUT2D eigenvalue weighted by Gasteiger charge is 2.32. The van der Waals surface area contributed by atoms with E-state index >= 15 is 0 Å². The Morgan fingerprint density at radius 2 is 2.10 bits per heavy atom. The van der Waals surface area contributed by atoms with E-state index in [1.807, 2.05) is 6.92 Å². The monoisotopic (exact) mass is 304 g/mol. The summed E-state index contributed by atoms with van der Waals surface area (Å²) in [5.41, 5.74) is 0. The Morgan fingerprint density at radius 3 is 2.65 bits per heavy atom. The molecule has 112 valence electrons. The Labute approximate surface area is 117 Å². The number of nitrogens with one attached hydrogen (secondary N) is 1. The van der Waals surface area contributed by atoms with Crippen molar-refractivity contribution in [2.45, 2.75) is 30.7 Å². The van der Waals surface area contributed by atoms with E-state index in [9.17, 15) is 17.2 Å². The minimum Gasteiger partial charge on any atom is -0.315 e. The number of rotatable bonds is 5. The van der Waals surface area contributed by atoms with Crippen molar-refractivity contribution in [1.82, 2.24) is 9.62 Å². The second kappa shape index (κ2) is 6.15. The van der Waals surface area contributed by atoms with E-state index < -0.39 is 21.7 Å². The molecule has 20 heavy (non-hydrogen) atoms. The summed E-state index contributed by atoms with van der Waals surface area (Å²) in [7, 11) is -3.80. The molecule has 0 spiro atoms. The molecule has 1 aromatic rings. The molecule has 7 heteroatoms. The van der Waals surface area contributed by atoms with Crippen LogP contribution in [0.25, 0.3) is 0 Å². The summed E-state index contributed by atoms with van der Waals surface area (Å²) in [5, 5.41) is 3.12. The lowest BCUT2D eigenvalue weighted by molar-refractivity contribution is 0.334. The molecule has 0 aliphatic carbocycles. The first-order valence-electron chi connectivity index (χ1n) is 6.64. The molecule has 1 saturated heterocycles. The molecule has 0 aromatic heterocycles. The highest BCUT2D eigenvalue weighted by atomic mass is 32.2. The second-order valence-electron chi connectivity index (χ2n) is 4.84. The van der Waals surface area contributed by atoms with Gasteiger partial charge in [0.1, 0.15) is 0 Å². The van der Waals surface area contributed by atoms with E-state index in [-0.39, 0.29) is 10.9 Å². The summed E-state index contributed by atoms with van der Waals surface area (Å²) in [5.74, 6) is -2.19. The zero-order valence-electron chi connectivity index (χ0n) is 11.3. The average Bonchev–Trinajstić information content (AvgIpc) is 2.92. The number of sulfonamides is 1. The lowest BCUT2D eigenvalue weighted by Crippen LogP contribution is -2.42. The van der Waals surface area contributed by atoms with Crippen LogP contribution in [-0.2, 0) is 10.0 Å². The van der Waals surface area contributed by atoms with Crippen molar-refractivity contribution in [2.24, 2.45) is 0 Å². The number of hydrogen-bond donors (Lipinski definition) is 1. The van der Waals surface area contributed by atoms with Crippen LogP contribution in [0.4, 0.5) is 8.78 Å². The molecular weight excluding hydrogens is 286 g/mol. The van der Waals surface area contributed by atoms with Crippen LogP contribution in [0.1, 0.15) is 19.8 Å². The minimum absolute atomic E-state index is 0.131. The highest BCUT2D eigenvalue weighted by molar-refractivity contribution is 7.89. The van der Waals surface area contributed by atoms with Crippen molar-refractivity contribution in [1.29, 1.82) is 0 Å². The molecule has 0 amide bonds. The third-order valence-corrected chi connectivity index (χ3v) is 5.33. The van der Waals surface area contributed by atoms with Crippen molar-refractivity contribution in [3.63, 3.8) is 0 Å². The van der Waals surface area contributed by atoms with Gasteiger partial charge in [-0.1, -0.05) is 6.92 Å². The third kappa shape index (κ3) is 2.99. The fraction of sp³-hybridized carbons (Fsp3) is 0.538. The molecule has 4 nitrogen and oxygen atoms in total. The largest absolute Gasteiger partial charge is 0.315 e. The van der Waals surface area contributed by atoms with Crippen LogP contribution < -0.4 is 5.32 Å². The van der Waals surface area contributed by atoms with Crippen molar-refractivity contribution in [3.05, 3.63) is 29.8 Å². The van der Waals surface area contributed by atoms with Gasteiger partial charge in [0.25, 0.3) is 0 Å². The lowest BCUT2D eigenvalue weighted by atomic mass is 10.2. The predicted octanol–water partition coefficient (Wildman–Crippen LogP) is 1.73. The molecule has 1 fully saturated rings. The summed E-state index contributed by atoms with van der Waals surface area (Å²) in [6.07, 6.45) is 1.39. The van der Waals surface area contributed by atoms with Crippen LogP contribution in [0.15, 0.2) is 23.1 Å². The van der Waals surface area contributed by atoms with Gasteiger partial charge >= 0.3 is 0 Å². The number of nitrogens with zero attached hydrogens (tertiary/aromatic N) is 1. The van der Waals surface area contributed by atoms with Gasteiger partial charge in [0.05, 0.1) is 4.90 Å². The van der Waals surface area contributed by atoms with Gasteiger partial charge < -0.3 is 5.32 Å². The summed E-state index contributed by atoms with van der Waals surface area (Å²) in [6.45, 7) is 3.60. The van der Waals surface area contributed by atoms with Gasteiger partial charge in [0, 0.05) is 19.1 Å². The van der Waals surface area contributed by atoms with Crippen LogP contribution in [0.3, 0.4) is 0 Å². The second-order valence-corrected chi connectivity index (χ2v) is 6.73. The molecule has 1 aromatic carbocycles. The predicted molar refractivity (Wildman–Crippen MR) is 71.8 cm³/mol. The maximum atomic E-state index is 13.3. The van der Waals surface area contributed by atoms with Crippen molar-refractivity contribution in [3.8, 4) is 0 Å². The highest BCUT2D eigenvalue weighted by Crippen LogP contribution is 2.23. The van der Waals surface area contributed by atoms with Crippen LogP contribution in [0.5, 0.6) is 0 Å². The maximum absolute atomic E-state index is 13.3. The zero-order valence-corrected chi connectivity index (χ0v) is 12.1. The quantitative estimate of drug-likeness (QED) is 0.901. The van der Waals surface area contributed by atoms with Crippen molar-refractivity contribution < 1.29 is 17.2 Å². The summed E-state index contributed by atoms with van der Waals surface area (Å²) < 4.78 is 52.8. The summed E-state index contributed by atoms with van der Waals surface area (Å²) >= 11 is 0. The lowest BCUT2D eigenvalue weighted by Gasteiger charge is -2.27. The molecule has 1 aliphatic rings. The molecule has 0 bridgehead atoms. The maximum Gasteiger partial charge on any atom is 0.243 e. The van der Waals surface area contributed by atoms with E-state index in [2.05, 4.69) is 5.32 Å². The molecule has 1 unspecified atom stereocenters. The molecule has 1 atom stereocenters. The van der Waals surface area contributed by atoms with Crippen LogP contribution in [0.2, 0.25) is 0 Å². The first-order valence-corrected chi connectivity index (χ1v) is 8.08. The first-order chi connectivity index (χ1) is 9.46. The topological polar surface area (TPSA) is 49.4 Å². The Balaban J connectivity index is 2.36. The Morgan fingerprint density at radius 1 is 1.35 bits per heavy atom. The zero-order chi connectivity index (χ0) is 14.8. The summed E-state index contributed by atoms with van der Waals surface area (Å²) in [4.78, 5) is -0.197. The standard InChI is InChI=1S/C13H18F2N2O2S/c1-2-7-17(10-5-6-16-9-10)20(18,19)11-3-4-12(14)13(15)8-11/h3-4,8,10,16H,2,5-7,9H2,1H3. The van der Waals surface area contributed by atoms with E-state index in [0.717, 1.165) is 31.2 Å². The van der Waals surface area contributed by atoms with E-state index in [4.69, 9.17) is 0 Å². The number of halogens is 2. The fourth-order valence-corrected chi connectivity index (χ4v) is 4.14. The third-order valence-electron chi connectivity index (χ3n) is 3.38. The van der Waals surface area contributed by atoms with Crippen LogP contribution >= 0.6 is 0 Å². The summed E-state index contributed by atoms with van der Waals surface area (Å²) in [6, 6.07) is 2.57. The van der Waals surface area contributed by atoms with Gasteiger partial charge in [-0.25, -0.2) is 17.2 Å². The smallest absolute Gasteiger partial charge is 0.243 e. The average molecular weight is 304 g/mol. The normalized spacial score (nSPS) is 19.7. The van der Waals surface area contributed by atoms with Crippen molar-refractivity contribution >= 4 is 10.0 Å². The molecular formula is C13H18F2N2O2S. The molecule has 1 N–H and O–H groups in total. The van der Waals surface area contributed by atoms with Gasteiger partial charge in [0.15, 0.2) is 11.6 Å². The van der Waals surface area contributed by atoms with Gasteiger partial charge in [0.2, 0.25) is 10.0 Å². The Bertz CT molecular complexity index is 572. The van der Waals surface area contributed by atoms with Crippen molar-refractivity contribution in [2.75, 3.05) is 19.6 Å². The molecule has 0 radical (unpaired) electrons. The van der Waals surface area contributed by atoms with Crippen LogP contribution in [-0.4, -0.2) is 38.4 Å². The van der Waals surface area contributed by atoms with Gasteiger partial charge in [-0.3, -0.25) is 0 Å². The molecule has 1 heterocycles.